The molecule has 0 aromatic heterocycles. The fraction of sp³-hybridized carbons (Fsp3) is 0.415. The highest BCUT2D eigenvalue weighted by atomic mass is 35.5. The van der Waals surface area contributed by atoms with E-state index in [1.165, 1.54) is 6.07 Å². The molecule has 0 bridgehead atoms. The molecule has 12 nitrogen and oxygen atoms in total. The van der Waals surface area contributed by atoms with Crippen LogP contribution in [0.2, 0.25) is 5.02 Å². The van der Waals surface area contributed by atoms with Crippen LogP contribution in [0.5, 0.6) is 5.75 Å². The first kappa shape index (κ1) is 38.0. The van der Waals surface area contributed by atoms with E-state index in [9.17, 15) is 29.2 Å². The highest BCUT2D eigenvalue weighted by Gasteiger charge is 2.64. The number of nitrogens with zero attached hydrogens (tertiary/aromatic N) is 4. The molecule has 55 heavy (non-hydrogen) atoms. The number of piperidine rings is 1. The van der Waals surface area contributed by atoms with Gasteiger partial charge >= 0.3 is 0 Å². The maximum atomic E-state index is 15.4. The van der Waals surface area contributed by atoms with Gasteiger partial charge in [0.2, 0.25) is 11.8 Å². The fourth-order valence-corrected chi connectivity index (χ4v) is 9.07. The molecule has 14 heteroatoms. The van der Waals surface area contributed by atoms with Crippen molar-refractivity contribution in [2.45, 2.75) is 65.1 Å². The number of benzene rings is 3. The van der Waals surface area contributed by atoms with Crippen LogP contribution in [0.15, 0.2) is 54.6 Å². The molecule has 3 aromatic carbocycles. The van der Waals surface area contributed by atoms with E-state index in [1.54, 1.807) is 18.2 Å². The van der Waals surface area contributed by atoms with E-state index in [2.05, 4.69) is 49.3 Å². The van der Waals surface area contributed by atoms with Gasteiger partial charge in [0.1, 0.15) is 29.8 Å². The largest absolute Gasteiger partial charge is 0.489 e. The number of nitrogens with one attached hydrogen (secondary N) is 2. The first-order valence-electron chi connectivity index (χ1n) is 18.4. The van der Waals surface area contributed by atoms with E-state index in [1.807, 2.05) is 29.2 Å². The summed E-state index contributed by atoms with van der Waals surface area (Å²) in [6.07, 6.45) is 0.579. The Morgan fingerprint density at radius 2 is 1.62 bits per heavy atom. The third-order valence-corrected chi connectivity index (χ3v) is 11.9. The van der Waals surface area contributed by atoms with Crippen LogP contribution in [0.3, 0.4) is 0 Å². The van der Waals surface area contributed by atoms with Crippen molar-refractivity contribution in [3.63, 3.8) is 0 Å². The second kappa shape index (κ2) is 14.4. The van der Waals surface area contributed by atoms with Gasteiger partial charge in [-0.15, -0.1) is 0 Å². The zero-order valence-electron chi connectivity index (χ0n) is 31.1. The maximum absolute atomic E-state index is 15.4. The van der Waals surface area contributed by atoms with E-state index < -0.39 is 35.5 Å². The number of ether oxygens (including phenoxy) is 1. The molecule has 2 N–H and O–H groups in total. The van der Waals surface area contributed by atoms with Gasteiger partial charge in [-0.3, -0.25) is 39.1 Å². The summed E-state index contributed by atoms with van der Waals surface area (Å²) in [5.74, 6) is -2.79. The Hall–Kier alpha value is -5.32. The maximum Gasteiger partial charge on any atom is 0.262 e. The molecule has 286 valence electrons. The molecule has 1 unspecified atom stereocenters. The summed E-state index contributed by atoms with van der Waals surface area (Å²) in [5.41, 5.74) is 1.44. The minimum atomic E-state index is -1.11. The van der Waals surface area contributed by atoms with Crippen LogP contribution in [0.25, 0.3) is 0 Å². The molecular weight excluding hydrogens is 727 g/mol. The Labute approximate surface area is 323 Å². The first-order chi connectivity index (χ1) is 26.1. The highest BCUT2D eigenvalue weighted by molar-refractivity contribution is 6.31. The van der Waals surface area contributed by atoms with E-state index in [0.717, 1.165) is 29.5 Å². The number of anilines is 1. The van der Waals surface area contributed by atoms with Crippen molar-refractivity contribution in [1.82, 2.24) is 20.4 Å². The predicted octanol–water partition coefficient (Wildman–Crippen LogP) is 4.73. The lowest BCUT2D eigenvalue weighted by molar-refractivity contribution is -0.164. The number of hydrogen-bond donors (Lipinski definition) is 2. The third-order valence-electron chi connectivity index (χ3n) is 11.6. The second-order valence-electron chi connectivity index (χ2n) is 15.9. The van der Waals surface area contributed by atoms with Crippen LogP contribution in [-0.2, 0) is 16.0 Å². The van der Waals surface area contributed by atoms with Crippen LogP contribution < -0.4 is 20.3 Å². The summed E-state index contributed by atoms with van der Waals surface area (Å²) in [5, 5.41) is 14.9. The molecule has 3 aromatic rings. The van der Waals surface area contributed by atoms with E-state index in [-0.39, 0.29) is 58.5 Å². The zero-order valence-corrected chi connectivity index (χ0v) is 31.8. The van der Waals surface area contributed by atoms with Crippen molar-refractivity contribution in [1.29, 1.82) is 5.26 Å². The van der Waals surface area contributed by atoms with Crippen LogP contribution in [-0.4, -0.2) is 90.2 Å². The topological polar surface area (TPSA) is 152 Å². The average Bonchev–Trinajstić information content (AvgIpc) is 3.39. The fourth-order valence-electron chi connectivity index (χ4n) is 8.85. The standard InChI is InChI=1S/C41H42ClFN6O6/c1-40(2)38(41(3,4)39(40)55-26-10-9-25(22-44)29(42)19-26)46-34(51)24-7-5-23(6-8-24)13-14-47-15-17-48(18-16-47)32-21-28-27(20-30(32)43)36(53)49(37(28)54)31-11-12-33(50)45-35(31)52/h5-10,19-21,31,38-39H,11-18H2,1-4H3,(H,46,51)(H,45,50,52)/t31?,38-,39-. The van der Waals surface area contributed by atoms with Gasteiger partial charge in [-0.05, 0) is 54.8 Å². The van der Waals surface area contributed by atoms with Gasteiger partial charge in [-0.2, -0.15) is 5.26 Å². The molecule has 3 aliphatic heterocycles. The molecule has 3 heterocycles. The predicted molar refractivity (Wildman–Crippen MR) is 201 cm³/mol. The molecule has 2 saturated heterocycles. The van der Waals surface area contributed by atoms with E-state index >= 15 is 4.39 Å². The molecule has 5 amide bonds. The number of nitriles is 1. The molecular formula is C41H42ClFN6O6. The van der Waals surface area contributed by atoms with Gasteiger partial charge in [0, 0.05) is 67.6 Å². The Morgan fingerprint density at radius 3 is 2.24 bits per heavy atom. The molecule has 7 rings (SSSR count). The van der Waals surface area contributed by atoms with Gasteiger partial charge in [-0.25, -0.2) is 4.39 Å². The average molecular weight is 769 g/mol. The van der Waals surface area contributed by atoms with Gasteiger partial charge < -0.3 is 15.0 Å². The number of piperazine rings is 1. The van der Waals surface area contributed by atoms with Crippen molar-refractivity contribution >= 4 is 46.8 Å². The summed E-state index contributed by atoms with van der Waals surface area (Å²) < 4.78 is 21.7. The van der Waals surface area contributed by atoms with Gasteiger partial charge in [-0.1, -0.05) is 51.4 Å². The van der Waals surface area contributed by atoms with E-state index in [0.29, 0.717) is 48.1 Å². The van der Waals surface area contributed by atoms with Crippen LogP contribution >= 0.6 is 11.6 Å². The minimum absolute atomic E-state index is 0.00605. The van der Waals surface area contributed by atoms with Gasteiger partial charge in [0.25, 0.3) is 17.7 Å². The van der Waals surface area contributed by atoms with Crippen LogP contribution in [0.1, 0.15) is 82.7 Å². The third kappa shape index (κ3) is 6.93. The lowest BCUT2D eigenvalue weighted by atomic mass is 9.49. The lowest BCUT2D eigenvalue weighted by Gasteiger charge is -2.63. The summed E-state index contributed by atoms with van der Waals surface area (Å²) in [7, 11) is 0. The lowest BCUT2D eigenvalue weighted by Crippen LogP contribution is -2.74. The molecule has 0 radical (unpaired) electrons. The Kier molecular flexibility index (Phi) is 9.94. The molecule has 0 spiro atoms. The van der Waals surface area contributed by atoms with Crippen molar-refractivity contribution in [3.8, 4) is 11.8 Å². The SMILES string of the molecule is CC1(C)[C@H](NC(=O)c2ccc(CCN3CCN(c4cc5c(cc4F)C(=O)N(C4CCC(=O)NC4=O)C5=O)CC3)cc2)C(C)(C)[C@H]1Oc1ccc(C#N)c(Cl)c1. The summed E-state index contributed by atoms with van der Waals surface area (Å²) in [6, 6.07) is 15.8. The van der Waals surface area contributed by atoms with Crippen molar-refractivity contribution < 1.29 is 33.1 Å². The zero-order chi connectivity index (χ0) is 39.4. The smallest absolute Gasteiger partial charge is 0.262 e. The molecule has 1 atom stereocenters. The number of rotatable bonds is 9. The van der Waals surface area contributed by atoms with Crippen molar-refractivity contribution in [3.05, 3.63) is 93.3 Å². The number of hydrogen-bond acceptors (Lipinski definition) is 9. The van der Waals surface area contributed by atoms with Crippen molar-refractivity contribution in [2.24, 2.45) is 10.8 Å². The van der Waals surface area contributed by atoms with Gasteiger partial charge in [0.05, 0.1) is 27.4 Å². The number of carbonyl (C=O) groups excluding carboxylic acids is 5. The van der Waals surface area contributed by atoms with Crippen molar-refractivity contribution in [2.75, 3.05) is 37.6 Å². The summed E-state index contributed by atoms with van der Waals surface area (Å²) in [4.78, 5) is 68.7. The molecule has 1 saturated carbocycles. The molecule has 4 aliphatic rings. The van der Waals surface area contributed by atoms with Crippen LogP contribution in [0.4, 0.5) is 10.1 Å². The highest BCUT2D eigenvalue weighted by Crippen LogP contribution is 2.55. The minimum Gasteiger partial charge on any atom is -0.489 e. The quantitative estimate of drug-likeness (QED) is 0.295. The summed E-state index contributed by atoms with van der Waals surface area (Å²) >= 11 is 6.22. The molecule has 1 aliphatic carbocycles. The number of amides is 5. The normalized spacial score (nSPS) is 23.1. The number of fused-ring (bicyclic) bond motifs is 1. The Morgan fingerprint density at radius 1 is 0.964 bits per heavy atom. The number of halogens is 2. The molecule has 3 fully saturated rings. The number of carbonyl (C=O) groups is 5. The first-order valence-corrected chi connectivity index (χ1v) is 18.8. The summed E-state index contributed by atoms with van der Waals surface area (Å²) in [6.45, 7) is 11.3. The number of imide groups is 2. The van der Waals surface area contributed by atoms with Crippen LogP contribution in [0, 0.1) is 28.0 Å². The second-order valence-corrected chi connectivity index (χ2v) is 16.3. The monoisotopic (exact) mass is 768 g/mol. The Balaban J connectivity index is 0.903. The van der Waals surface area contributed by atoms with Gasteiger partial charge in [0.15, 0.2) is 0 Å². The van der Waals surface area contributed by atoms with E-state index in [4.69, 9.17) is 16.3 Å². The Bertz CT molecular complexity index is 2130.